The minimum atomic E-state index is -0.400. The third kappa shape index (κ3) is 4.92. The van der Waals surface area contributed by atoms with E-state index in [0.717, 1.165) is 27.7 Å². The van der Waals surface area contributed by atoms with E-state index >= 15 is 0 Å². The molecule has 3 aromatic rings. The lowest BCUT2D eigenvalue weighted by Gasteiger charge is -2.13. The number of halogens is 1. The van der Waals surface area contributed by atoms with Gasteiger partial charge in [0.05, 0.1) is 21.7 Å². The SMILES string of the molecule is CCOc1ccc2nc(NC(=O)CN3C(=O)/C(=C/c4ccc(F)cc4)SC3=S)sc2c1. The van der Waals surface area contributed by atoms with E-state index in [1.807, 2.05) is 25.1 Å². The van der Waals surface area contributed by atoms with Crippen LogP contribution in [0.5, 0.6) is 5.75 Å². The van der Waals surface area contributed by atoms with E-state index < -0.39 is 5.91 Å². The van der Waals surface area contributed by atoms with Crippen molar-refractivity contribution in [3.63, 3.8) is 0 Å². The fourth-order valence-electron chi connectivity index (χ4n) is 2.86. The van der Waals surface area contributed by atoms with E-state index in [4.69, 9.17) is 17.0 Å². The summed E-state index contributed by atoms with van der Waals surface area (Å²) >= 11 is 7.70. The molecule has 6 nitrogen and oxygen atoms in total. The molecule has 31 heavy (non-hydrogen) atoms. The standard InChI is InChI=1S/C21H16FN3O3S3/c1-2-28-14-7-8-15-16(10-14)30-20(23-15)24-18(26)11-25-19(27)17(31-21(25)29)9-12-3-5-13(22)6-4-12/h3-10H,2,11H2,1H3,(H,23,24,26)/b17-9-. The maximum absolute atomic E-state index is 13.1. The normalized spacial score (nSPS) is 15.2. The summed E-state index contributed by atoms with van der Waals surface area (Å²) in [6, 6.07) is 11.3. The number of thiazole rings is 1. The number of thioether (sulfide) groups is 1. The van der Waals surface area contributed by atoms with Crippen LogP contribution in [0, 0.1) is 5.82 Å². The predicted molar refractivity (Wildman–Crippen MR) is 126 cm³/mol. The van der Waals surface area contributed by atoms with Crippen LogP contribution in [0.2, 0.25) is 0 Å². The number of aromatic nitrogens is 1. The number of carbonyl (C=O) groups excluding carboxylic acids is 2. The van der Waals surface area contributed by atoms with Gasteiger partial charge in [-0.25, -0.2) is 9.37 Å². The summed E-state index contributed by atoms with van der Waals surface area (Å²) in [5, 5.41) is 3.16. The van der Waals surface area contributed by atoms with E-state index in [2.05, 4.69) is 10.3 Å². The Kier molecular flexibility index (Phi) is 6.30. The summed E-state index contributed by atoms with van der Waals surface area (Å²) in [7, 11) is 0. The van der Waals surface area contributed by atoms with Crippen molar-refractivity contribution in [2.24, 2.45) is 0 Å². The van der Waals surface area contributed by atoms with E-state index in [9.17, 15) is 14.0 Å². The molecule has 2 heterocycles. The van der Waals surface area contributed by atoms with Crippen LogP contribution in [0.15, 0.2) is 47.4 Å². The minimum Gasteiger partial charge on any atom is -0.494 e. The summed E-state index contributed by atoms with van der Waals surface area (Å²) in [5.41, 5.74) is 1.42. The molecule has 2 aromatic carbocycles. The zero-order valence-electron chi connectivity index (χ0n) is 16.3. The number of anilines is 1. The third-order valence-corrected chi connectivity index (χ3v) is 6.57. The molecule has 1 aromatic heterocycles. The molecule has 1 aliphatic rings. The second-order valence-electron chi connectivity index (χ2n) is 6.45. The lowest BCUT2D eigenvalue weighted by atomic mass is 10.2. The van der Waals surface area contributed by atoms with Crippen molar-refractivity contribution in [3.8, 4) is 5.75 Å². The minimum absolute atomic E-state index is 0.217. The van der Waals surface area contributed by atoms with Crippen molar-refractivity contribution >= 4 is 72.9 Å². The van der Waals surface area contributed by atoms with Crippen molar-refractivity contribution in [1.82, 2.24) is 9.88 Å². The molecular weight excluding hydrogens is 457 g/mol. The van der Waals surface area contributed by atoms with Crippen molar-refractivity contribution in [3.05, 3.63) is 58.8 Å². The number of ether oxygens (including phenoxy) is 1. The van der Waals surface area contributed by atoms with Gasteiger partial charge < -0.3 is 10.1 Å². The van der Waals surface area contributed by atoms with E-state index in [1.165, 1.54) is 28.4 Å². The molecule has 10 heteroatoms. The van der Waals surface area contributed by atoms with Gasteiger partial charge in [0.2, 0.25) is 5.91 Å². The summed E-state index contributed by atoms with van der Waals surface area (Å²) in [5.74, 6) is -0.379. The molecule has 0 saturated carbocycles. The van der Waals surface area contributed by atoms with Crippen molar-refractivity contribution in [2.75, 3.05) is 18.5 Å². The van der Waals surface area contributed by atoms with Crippen LogP contribution in [0.4, 0.5) is 9.52 Å². The largest absolute Gasteiger partial charge is 0.494 e. The molecule has 0 radical (unpaired) electrons. The van der Waals surface area contributed by atoms with Gasteiger partial charge in [0.25, 0.3) is 5.91 Å². The summed E-state index contributed by atoms with van der Waals surface area (Å²) < 4.78 is 19.7. The fraction of sp³-hybridized carbons (Fsp3) is 0.143. The number of thiocarbonyl (C=S) groups is 1. The van der Waals surface area contributed by atoms with Gasteiger partial charge >= 0.3 is 0 Å². The van der Waals surface area contributed by atoms with Gasteiger partial charge in [-0.1, -0.05) is 47.4 Å². The van der Waals surface area contributed by atoms with Crippen LogP contribution < -0.4 is 10.1 Å². The monoisotopic (exact) mass is 473 g/mol. The van der Waals surface area contributed by atoms with Gasteiger partial charge in [-0.3, -0.25) is 14.5 Å². The average molecular weight is 474 g/mol. The summed E-state index contributed by atoms with van der Waals surface area (Å²) in [6.07, 6.45) is 1.63. The first-order valence-electron chi connectivity index (χ1n) is 9.27. The third-order valence-electron chi connectivity index (χ3n) is 4.26. The summed E-state index contributed by atoms with van der Waals surface area (Å²) in [4.78, 5) is 31.2. The Morgan fingerprint density at radius 1 is 1.29 bits per heavy atom. The first-order valence-corrected chi connectivity index (χ1v) is 11.3. The highest BCUT2D eigenvalue weighted by molar-refractivity contribution is 8.26. The molecule has 158 valence electrons. The smallest absolute Gasteiger partial charge is 0.266 e. The van der Waals surface area contributed by atoms with Crippen LogP contribution in [-0.2, 0) is 9.59 Å². The van der Waals surface area contributed by atoms with E-state index in [0.29, 0.717) is 26.5 Å². The van der Waals surface area contributed by atoms with Gasteiger partial charge in [-0.15, -0.1) is 0 Å². The quantitative estimate of drug-likeness (QED) is 0.414. The highest BCUT2D eigenvalue weighted by atomic mass is 32.2. The number of hydrogen-bond donors (Lipinski definition) is 1. The Morgan fingerprint density at radius 2 is 2.06 bits per heavy atom. The Balaban J connectivity index is 1.43. The first kappa shape index (κ1) is 21.4. The van der Waals surface area contributed by atoms with E-state index in [1.54, 1.807) is 18.2 Å². The number of rotatable bonds is 6. The van der Waals surface area contributed by atoms with E-state index in [-0.39, 0.29) is 18.3 Å². The molecule has 1 aliphatic heterocycles. The van der Waals surface area contributed by atoms with Gasteiger partial charge in [0.15, 0.2) is 5.13 Å². The van der Waals surface area contributed by atoms with Crippen LogP contribution in [-0.4, -0.2) is 39.2 Å². The first-order chi connectivity index (χ1) is 14.9. The Bertz CT molecular complexity index is 1210. The maximum Gasteiger partial charge on any atom is 0.266 e. The number of nitrogens with one attached hydrogen (secondary N) is 1. The Hall–Kier alpha value is -2.82. The van der Waals surface area contributed by atoms with Crippen LogP contribution in [0.1, 0.15) is 12.5 Å². The van der Waals surface area contributed by atoms with Crippen LogP contribution in [0.3, 0.4) is 0 Å². The second-order valence-corrected chi connectivity index (χ2v) is 9.16. The topological polar surface area (TPSA) is 71.5 Å². The average Bonchev–Trinajstić information content (AvgIpc) is 3.24. The molecule has 1 N–H and O–H groups in total. The van der Waals surface area contributed by atoms with Crippen molar-refractivity contribution in [1.29, 1.82) is 0 Å². The molecule has 0 bridgehead atoms. The van der Waals surface area contributed by atoms with Crippen LogP contribution >= 0.6 is 35.3 Å². The van der Waals surface area contributed by atoms with Crippen LogP contribution in [0.25, 0.3) is 16.3 Å². The summed E-state index contributed by atoms with van der Waals surface area (Å²) in [6.45, 7) is 2.25. The lowest BCUT2D eigenvalue weighted by molar-refractivity contribution is -0.126. The highest BCUT2D eigenvalue weighted by Crippen LogP contribution is 2.33. The number of amides is 2. The Morgan fingerprint density at radius 3 is 2.81 bits per heavy atom. The van der Waals surface area contributed by atoms with Gasteiger partial charge in [-0.2, -0.15) is 0 Å². The molecular formula is C21H16FN3O3S3. The number of hydrogen-bond acceptors (Lipinski definition) is 7. The number of benzene rings is 2. The number of nitrogens with zero attached hydrogens (tertiary/aromatic N) is 2. The predicted octanol–water partition coefficient (Wildman–Crippen LogP) is 4.67. The molecule has 2 amide bonds. The van der Waals surface area contributed by atoms with Crippen molar-refractivity contribution < 1.29 is 18.7 Å². The molecule has 1 saturated heterocycles. The zero-order valence-corrected chi connectivity index (χ0v) is 18.7. The molecule has 0 unspecified atom stereocenters. The second kappa shape index (κ2) is 9.13. The number of fused-ring (bicyclic) bond motifs is 1. The molecule has 0 spiro atoms. The lowest BCUT2D eigenvalue weighted by Crippen LogP contribution is -2.36. The molecule has 1 fully saturated rings. The molecule has 0 atom stereocenters. The number of carbonyl (C=O) groups is 2. The fourth-order valence-corrected chi connectivity index (χ4v) is 5.03. The highest BCUT2D eigenvalue weighted by Gasteiger charge is 2.33. The van der Waals surface area contributed by atoms with Gasteiger partial charge in [0.1, 0.15) is 22.4 Å². The Labute approximate surface area is 191 Å². The zero-order chi connectivity index (χ0) is 22.0. The molecule has 4 rings (SSSR count). The van der Waals surface area contributed by atoms with Gasteiger partial charge in [-0.05, 0) is 48.9 Å². The maximum atomic E-state index is 13.1. The molecule has 0 aliphatic carbocycles. The van der Waals surface area contributed by atoms with Gasteiger partial charge in [0, 0.05) is 0 Å². The van der Waals surface area contributed by atoms with Crippen molar-refractivity contribution in [2.45, 2.75) is 6.92 Å².